The Morgan fingerprint density at radius 3 is 2.54 bits per heavy atom. The number of carbonyl (C=O) groups is 2. The smallest absolute Gasteiger partial charge is 0.490 e. The molecule has 3 aliphatic heterocycles. The number of likely N-dealkylation sites (tertiary alicyclic amines) is 1. The first-order chi connectivity index (χ1) is 22.8. The van der Waals surface area contributed by atoms with Crippen molar-refractivity contribution in [3.63, 3.8) is 0 Å². The van der Waals surface area contributed by atoms with Gasteiger partial charge in [-0.2, -0.15) is 13.2 Å². The zero-order chi connectivity index (χ0) is 34.6. The number of nitrogens with zero attached hydrogens (tertiary/aromatic N) is 3. The molecule has 1 atom stereocenters. The second-order valence-corrected chi connectivity index (χ2v) is 12.5. The molecule has 4 N–H and O–H groups in total. The van der Waals surface area contributed by atoms with Gasteiger partial charge in [0.1, 0.15) is 18.5 Å². The Morgan fingerprint density at radius 2 is 1.88 bits per heavy atom. The number of amides is 1. The number of rotatable bonds is 9. The van der Waals surface area contributed by atoms with E-state index in [0.717, 1.165) is 59.3 Å². The van der Waals surface area contributed by atoms with Crippen LogP contribution in [0.15, 0.2) is 62.9 Å². The van der Waals surface area contributed by atoms with Gasteiger partial charge < -0.3 is 35.1 Å². The standard InChI is InChI=1S/C31H34BrN5O4.C2HF3O2/c1-2-36-11-8-21(9-12-36)37-17-20-13-19-14-27(35-26(19)15-23(20)31(37)40)29-25(7-10-33-30(29)39)34-16-22(38)18-41-28-6-4-3-5-24(28)32;3-2(4,5)1(6)7/h3-7,10,13,15,21-22,38H,2,8-9,11-12,14,16-18H2,1H3,(H2,33,34,39);(H,6,7)/t22-;/m1./s1. The van der Waals surface area contributed by atoms with E-state index in [0.29, 0.717) is 35.7 Å². The molecule has 1 saturated heterocycles. The number of ether oxygens (including phenoxy) is 1. The molecule has 1 fully saturated rings. The van der Waals surface area contributed by atoms with Gasteiger partial charge in [0.25, 0.3) is 11.5 Å². The third-order valence-electron chi connectivity index (χ3n) is 8.48. The highest BCUT2D eigenvalue weighted by molar-refractivity contribution is 9.10. The number of para-hydroxylation sites is 1. The van der Waals surface area contributed by atoms with Gasteiger partial charge in [0, 0.05) is 50.4 Å². The highest BCUT2D eigenvalue weighted by Crippen LogP contribution is 2.37. The molecule has 0 spiro atoms. The van der Waals surface area contributed by atoms with Crippen LogP contribution in [-0.2, 0) is 17.8 Å². The number of carboxylic acids is 1. The number of halogens is 4. The molecule has 3 aromatic rings. The van der Waals surface area contributed by atoms with Gasteiger partial charge in [-0.05, 0) is 70.7 Å². The van der Waals surface area contributed by atoms with Crippen LogP contribution < -0.4 is 15.6 Å². The number of piperidine rings is 1. The molecule has 11 nitrogen and oxygen atoms in total. The number of anilines is 1. The topological polar surface area (TPSA) is 148 Å². The summed E-state index contributed by atoms with van der Waals surface area (Å²) in [5.41, 5.74) is 4.94. The maximum absolute atomic E-state index is 13.4. The van der Waals surface area contributed by atoms with Crippen molar-refractivity contribution < 1.29 is 37.7 Å². The monoisotopic (exact) mass is 733 g/mol. The molecular weight excluding hydrogens is 699 g/mol. The number of aromatic amines is 1. The van der Waals surface area contributed by atoms with Crippen molar-refractivity contribution in [1.29, 1.82) is 0 Å². The molecule has 2 aromatic carbocycles. The van der Waals surface area contributed by atoms with Gasteiger partial charge >= 0.3 is 12.1 Å². The van der Waals surface area contributed by atoms with Crippen LogP contribution in [0.2, 0.25) is 0 Å². The first kappa shape index (κ1) is 35.1. The van der Waals surface area contributed by atoms with E-state index in [1.54, 1.807) is 12.3 Å². The Balaban J connectivity index is 0.000000582. The fourth-order valence-corrected chi connectivity index (χ4v) is 6.37. The van der Waals surface area contributed by atoms with E-state index in [1.165, 1.54) is 0 Å². The summed E-state index contributed by atoms with van der Waals surface area (Å²) in [7, 11) is 0. The number of nitrogens with one attached hydrogen (secondary N) is 2. The number of pyridine rings is 1. The molecule has 15 heteroatoms. The molecule has 0 bridgehead atoms. The lowest BCUT2D eigenvalue weighted by Crippen LogP contribution is -2.44. The van der Waals surface area contributed by atoms with Crippen molar-refractivity contribution >= 4 is 44.9 Å². The van der Waals surface area contributed by atoms with E-state index < -0.39 is 18.2 Å². The molecular formula is C33H35BrF3N5O6. The molecule has 1 amide bonds. The number of hydrogen-bond donors (Lipinski definition) is 4. The van der Waals surface area contributed by atoms with Gasteiger partial charge in [0.05, 0.1) is 27.1 Å². The third kappa shape index (κ3) is 8.08. The third-order valence-corrected chi connectivity index (χ3v) is 9.14. The molecule has 4 heterocycles. The lowest BCUT2D eigenvalue weighted by atomic mass is 10.00. The number of carboxylic acid groups (broad SMARTS) is 1. The molecule has 0 radical (unpaired) electrons. The predicted octanol–water partition coefficient (Wildman–Crippen LogP) is 4.74. The maximum Gasteiger partial charge on any atom is 0.490 e. The van der Waals surface area contributed by atoms with Gasteiger partial charge in [-0.25, -0.2) is 4.79 Å². The Hall–Kier alpha value is -4.21. The number of benzene rings is 2. The zero-order valence-electron chi connectivity index (χ0n) is 26.0. The fraction of sp³-hybridized carbons (Fsp3) is 0.394. The normalized spacial score (nSPS) is 16.8. The SMILES string of the molecule is CCN1CCC(N2Cc3cc4c(cc3C2=O)N=C(c2c(NC[C@@H](O)COc3ccccc3Br)cc[nH]c2=O)C4)CC1.O=C(O)C(F)(F)F. The number of alkyl halides is 3. The Morgan fingerprint density at radius 1 is 1.17 bits per heavy atom. The van der Waals surface area contributed by atoms with Crippen molar-refractivity contribution in [2.75, 3.05) is 38.1 Å². The van der Waals surface area contributed by atoms with Crippen LogP contribution >= 0.6 is 15.9 Å². The fourth-order valence-electron chi connectivity index (χ4n) is 5.97. The number of aromatic nitrogens is 1. The quantitative estimate of drug-likeness (QED) is 0.247. The van der Waals surface area contributed by atoms with Crippen LogP contribution in [0, 0.1) is 0 Å². The van der Waals surface area contributed by atoms with Crippen molar-refractivity contribution in [2.24, 2.45) is 4.99 Å². The molecule has 0 saturated carbocycles. The molecule has 6 rings (SSSR count). The molecule has 3 aliphatic rings. The molecule has 0 unspecified atom stereocenters. The van der Waals surface area contributed by atoms with Crippen molar-refractivity contribution in [3.05, 3.63) is 85.7 Å². The Labute approximate surface area is 282 Å². The first-order valence-corrected chi connectivity index (χ1v) is 16.2. The summed E-state index contributed by atoms with van der Waals surface area (Å²) in [5, 5.41) is 20.9. The van der Waals surface area contributed by atoms with Crippen LogP contribution in [-0.4, -0.2) is 93.7 Å². The Bertz CT molecular complexity index is 1760. The lowest BCUT2D eigenvalue weighted by Gasteiger charge is -2.36. The summed E-state index contributed by atoms with van der Waals surface area (Å²) < 4.78 is 38.3. The average molecular weight is 735 g/mol. The number of aliphatic carboxylic acids is 1. The van der Waals surface area contributed by atoms with Crippen LogP contribution in [0.3, 0.4) is 0 Å². The number of H-pyrrole nitrogens is 1. The largest absolute Gasteiger partial charge is 0.490 e. The average Bonchev–Trinajstić information content (AvgIpc) is 3.61. The second-order valence-electron chi connectivity index (χ2n) is 11.6. The van der Waals surface area contributed by atoms with Crippen molar-refractivity contribution in [2.45, 2.75) is 51.1 Å². The van der Waals surface area contributed by atoms with E-state index in [9.17, 15) is 27.9 Å². The van der Waals surface area contributed by atoms with Crippen LogP contribution in [0.25, 0.3) is 0 Å². The summed E-state index contributed by atoms with van der Waals surface area (Å²) in [6.07, 6.45) is -1.79. The minimum absolute atomic E-state index is 0.0834. The molecule has 1 aromatic heterocycles. The van der Waals surface area contributed by atoms with E-state index in [-0.39, 0.29) is 30.7 Å². The number of hydrogen-bond acceptors (Lipinski definition) is 8. The Kier molecular flexibility index (Phi) is 10.9. The number of fused-ring (bicyclic) bond motifs is 2. The maximum atomic E-state index is 13.4. The molecule has 0 aliphatic carbocycles. The molecule has 48 heavy (non-hydrogen) atoms. The van der Waals surface area contributed by atoms with E-state index in [4.69, 9.17) is 19.6 Å². The number of carbonyl (C=O) groups excluding carboxylic acids is 1. The predicted molar refractivity (Wildman–Crippen MR) is 176 cm³/mol. The summed E-state index contributed by atoms with van der Waals surface area (Å²) in [5.74, 6) is -2.02. The van der Waals surface area contributed by atoms with Crippen molar-refractivity contribution in [3.8, 4) is 5.75 Å². The van der Waals surface area contributed by atoms with Crippen LogP contribution in [0.5, 0.6) is 5.75 Å². The minimum Gasteiger partial charge on any atom is -0.490 e. The summed E-state index contributed by atoms with van der Waals surface area (Å²) in [6, 6.07) is 13.5. The van der Waals surface area contributed by atoms with Gasteiger partial charge in [-0.3, -0.25) is 14.6 Å². The summed E-state index contributed by atoms with van der Waals surface area (Å²) in [4.78, 5) is 47.3. The van der Waals surface area contributed by atoms with Crippen LogP contribution in [0.4, 0.5) is 24.5 Å². The highest BCUT2D eigenvalue weighted by atomic mass is 79.9. The summed E-state index contributed by atoms with van der Waals surface area (Å²) in [6.45, 7) is 6.21. The zero-order valence-corrected chi connectivity index (χ0v) is 27.6. The van der Waals surface area contributed by atoms with E-state index >= 15 is 0 Å². The van der Waals surface area contributed by atoms with Gasteiger partial charge in [-0.1, -0.05) is 25.1 Å². The minimum atomic E-state index is -5.08. The van der Waals surface area contributed by atoms with Crippen LogP contribution in [0.1, 0.15) is 46.8 Å². The number of aliphatic hydroxyl groups excluding tert-OH is 1. The number of aliphatic imine (C=N–C) groups is 1. The van der Waals surface area contributed by atoms with Gasteiger partial charge in [0.2, 0.25) is 0 Å². The molecule has 256 valence electrons. The van der Waals surface area contributed by atoms with E-state index in [1.807, 2.05) is 35.2 Å². The van der Waals surface area contributed by atoms with Gasteiger partial charge in [0.15, 0.2) is 0 Å². The second kappa shape index (κ2) is 14.9. The summed E-state index contributed by atoms with van der Waals surface area (Å²) >= 11 is 3.44. The number of aliphatic hydroxyl groups is 1. The highest BCUT2D eigenvalue weighted by Gasteiger charge is 2.38. The first-order valence-electron chi connectivity index (χ1n) is 15.4. The van der Waals surface area contributed by atoms with Crippen molar-refractivity contribution in [1.82, 2.24) is 14.8 Å². The van der Waals surface area contributed by atoms with Gasteiger partial charge in [-0.15, -0.1) is 0 Å². The lowest BCUT2D eigenvalue weighted by molar-refractivity contribution is -0.192. The van der Waals surface area contributed by atoms with E-state index in [2.05, 4.69) is 44.1 Å².